The second-order valence-electron chi connectivity index (χ2n) is 4.48. The molecule has 1 aliphatic rings. The van der Waals surface area contributed by atoms with Crippen LogP contribution in [-0.4, -0.2) is 36.1 Å². The molecular formula is C11H20N2. The summed E-state index contributed by atoms with van der Waals surface area (Å²) in [5.41, 5.74) is 0.196. The van der Waals surface area contributed by atoms with Crippen molar-refractivity contribution in [1.29, 1.82) is 0 Å². The molecule has 0 spiro atoms. The van der Waals surface area contributed by atoms with Gasteiger partial charge in [0.2, 0.25) is 0 Å². The van der Waals surface area contributed by atoms with Gasteiger partial charge in [0.15, 0.2) is 0 Å². The predicted molar refractivity (Wildman–Crippen MR) is 56.6 cm³/mol. The van der Waals surface area contributed by atoms with Crippen molar-refractivity contribution >= 4 is 0 Å². The zero-order valence-electron chi connectivity index (χ0n) is 8.93. The zero-order valence-corrected chi connectivity index (χ0v) is 8.93. The van der Waals surface area contributed by atoms with Gasteiger partial charge >= 0.3 is 0 Å². The summed E-state index contributed by atoms with van der Waals surface area (Å²) >= 11 is 0. The highest BCUT2D eigenvalue weighted by Crippen LogP contribution is 2.12. The van der Waals surface area contributed by atoms with E-state index in [0.29, 0.717) is 0 Å². The Bertz CT molecular complexity index is 203. The van der Waals surface area contributed by atoms with Gasteiger partial charge in [0.1, 0.15) is 0 Å². The minimum atomic E-state index is 0.196. The van der Waals surface area contributed by atoms with Gasteiger partial charge < -0.3 is 5.32 Å². The van der Waals surface area contributed by atoms with Gasteiger partial charge in [-0.1, -0.05) is 5.92 Å². The molecule has 2 heteroatoms. The maximum atomic E-state index is 5.43. The molecule has 1 rings (SSSR count). The summed E-state index contributed by atoms with van der Waals surface area (Å²) in [6.45, 7) is 9.81. The summed E-state index contributed by atoms with van der Waals surface area (Å²) in [5, 5.41) is 3.52. The van der Waals surface area contributed by atoms with Crippen LogP contribution in [0.5, 0.6) is 0 Å². The number of nitrogens with one attached hydrogen (secondary N) is 1. The first-order valence-electron chi connectivity index (χ1n) is 5.00. The molecule has 1 atom stereocenters. The number of rotatable bonds is 1. The van der Waals surface area contributed by atoms with Gasteiger partial charge in [-0.05, 0) is 33.7 Å². The molecule has 0 aromatic carbocycles. The van der Waals surface area contributed by atoms with Gasteiger partial charge in [-0.15, -0.1) is 6.42 Å². The molecule has 74 valence electrons. The van der Waals surface area contributed by atoms with Gasteiger partial charge in [-0.2, -0.15) is 0 Å². The van der Waals surface area contributed by atoms with Crippen LogP contribution in [0.1, 0.15) is 27.2 Å². The third kappa shape index (κ3) is 3.02. The summed E-state index contributed by atoms with van der Waals surface area (Å²) in [4.78, 5) is 2.38. The van der Waals surface area contributed by atoms with Gasteiger partial charge in [-0.25, -0.2) is 0 Å². The highest BCUT2D eigenvalue weighted by atomic mass is 15.2. The van der Waals surface area contributed by atoms with Crippen molar-refractivity contribution in [2.75, 3.05) is 19.6 Å². The number of hydrogen-bond donors (Lipinski definition) is 1. The van der Waals surface area contributed by atoms with Gasteiger partial charge in [0, 0.05) is 18.6 Å². The molecule has 1 heterocycles. The molecule has 2 nitrogen and oxygen atoms in total. The lowest BCUT2D eigenvalue weighted by Crippen LogP contribution is -2.48. The van der Waals surface area contributed by atoms with E-state index in [4.69, 9.17) is 6.42 Å². The fourth-order valence-electron chi connectivity index (χ4n) is 1.79. The monoisotopic (exact) mass is 180 g/mol. The standard InChI is InChI=1S/C11H20N2/c1-5-10(2)13-8-6-7-12-11(3,4)9-13/h1,10,12H,6-9H2,2-4H3. The van der Waals surface area contributed by atoms with E-state index in [2.05, 4.69) is 36.9 Å². The summed E-state index contributed by atoms with van der Waals surface area (Å²) in [5.74, 6) is 2.80. The van der Waals surface area contributed by atoms with E-state index < -0.39 is 0 Å². The Morgan fingerprint density at radius 2 is 2.23 bits per heavy atom. The fourth-order valence-corrected chi connectivity index (χ4v) is 1.79. The van der Waals surface area contributed by atoms with Gasteiger partial charge in [0.05, 0.1) is 6.04 Å². The molecular weight excluding hydrogens is 160 g/mol. The first-order chi connectivity index (χ1) is 6.05. The second kappa shape index (κ2) is 4.13. The van der Waals surface area contributed by atoms with Crippen molar-refractivity contribution in [3.63, 3.8) is 0 Å². The molecule has 0 aromatic heterocycles. The average molecular weight is 180 g/mol. The number of terminal acetylenes is 1. The van der Waals surface area contributed by atoms with Crippen LogP contribution in [0.2, 0.25) is 0 Å². The Hall–Kier alpha value is -0.520. The lowest BCUT2D eigenvalue weighted by Gasteiger charge is -2.31. The third-order valence-corrected chi connectivity index (χ3v) is 2.61. The summed E-state index contributed by atoms with van der Waals surface area (Å²) in [6, 6.07) is 0.263. The molecule has 1 unspecified atom stereocenters. The highest BCUT2D eigenvalue weighted by molar-refractivity contribution is 4.99. The van der Waals surface area contributed by atoms with Crippen LogP contribution in [0, 0.1) is 12.3 Å². The van der Waals surface area contributed by atoms with E-state index in [-0.39, 0.29) is 11.6 Å². The maximum absolute atomic E-state index is 5.43. The summed E-state index contributed by atoms with van der Waals surface area (Å²) in [7, 11) is 0. The highest BCUT2D eigenvalue weighted by Gasteiger charge is 2.25. The largest absolute Gasteiger partial charge is 0.310 e. The molecule has 13 heavy (non-hydrogen) atoms. The van der Waals surface area contributed by atoms with E-state index >= 15 is 0 Å². The molecule has 1 N–H and O–H groups in total. The first kappa shape index (κ1) is 10.6. The van der Waals surface area contributed by atoms with Crippen LogP contribution in [-0.2, 0) is 0 Å². The topological polar surface area (TPSA) is 15.3 Å². The average Bonchev–Trinajstić information content (AvgIpc) is 2.25. The van der Waals surface area contributed by atoms with Crippen LogP contribution < -0.4 is 5.32 Å². The van der Waals surface area contributed by atoms with Crippen molar-refractivity contribution < 1.29 is 0 Å². The van der Waals surface area contributed by atoms with E-state index in [1.165, 1.54) is 6.42 Å². The van der Waals surface area contributed by atoms with E-state index in [1.54, 1.807) is 0 Å². The molecule has 0 amide bonds. The van der Waals surface area contributed by atoms with Crippen LogP contribution in [0.15, 0.2) is 0 Å². The smallest absolute Gasteiger partial charge is 0.0683 e. The van der Waals surface area contributed by atoms with Crippen molar-refractivity contribution in [3.05, 3.63) is 0 Å². The molecule has 0 saturated carbocycles. The molecule has 0 aromatic rings. The minimum absolute atomic E-state index is 0.196. The molecule has 0 aliphatic carbocycles. The Morgan fingerprint density at radius 3 is 2.85 bits per heavy atom. The summed E-state index contributed by atoms with van der Waals surface area (Å²) < 4.78 is 0. The zero-order chi connectivity index (χ0) is 9.90. The lowest BCUT2D eigenvalue weighted by atomic mass is 10.1. The molecule has 1 aliphatic heterocycles. The normalized spacial score (nSPS) is 26.0. The van der Waals surface area contributed by atoms with Crippen LogP contribution in [0.3, 0.4) is 0 Å². The minimum Gasteiger partial charge on any atom is -0.310 e. The van der Waals surface area contributed by atoms with Crippen molar-refractivity contribution in [2.45, 2.75) is 38.8 Å². The number of nitrogens with zero attached hydrogens (tertiary/aromatic N) is 1. The Morgan fingerprint density at radius 1 is 1.54 bits per heavy atom. The first-order valence-corrected chi connectivity index (χ1v) is 5.00. The van der Waals surface area contributed by atoms with E-state index in [0.717, 1.165) is 19.6 Å². The van der Waals surface area contributed by atoms with Crippen LogP contribution >= 0.6 is 0 Å². The number of hydrogen-bond acceptors (Lipinski definition) is 2. The Balaban J connectivity index is 2.60. The quantitative estimate of drug-likeness (QED) is 0.608. The molecule has 0 bridgehead atoms. The second-order valence-corrected chi connectivity index (χ2v) is 4.48. The van der Waals surface area contributed by atoms with Crippen molar-refractivity contribution in [3.8, 4) is 12.3 Å². The predicted octanol–water partition coefficient (Wildman–Crippen LogP) is 1.08. The van der Waals surface area contributed by atoms with E-state index in [1.807, 2.05) is 0 Å². The van der Waals surface area contributed by atoms with Crippen molar-refractivity contribution in [2.24, 2.45) is 0 Å². The summed E-state index contributed by atoms with van der Waals surface area (Å²) in [6.07, 6.45) is 6.62. The Labute approximate surface area is 81.7 Å². The van der Waals surface area contributed by atoms with Crippen LogP contribution in [0.4, 0.5) is 0 Å². The molecule has 1 saturated heterocycles. The maximum Gasteiger partial charge on any atom is 0.0683 e. The fraction of sp³-hybridized carbons (Fsp3) is 0.818. The SMILES string of the molecule is C#CC(C)N1CCCNC(C)(C)C1. The third-order valence-electron chi connectivity index (χ3n) is 2.61. The van der Waals surface area contributed by atoms with E-state index in [9.17, 15) is 0 Å². The Kier molecular flexibility index (Phi) is 3.35. The lowest BCUT2D eigenvalue weighted by molar-refractivity contribution is 0.210. The van der Waals surface area contributed by atoms with Crippen LogP contribution in [0.25, 0.3) is 0 Å². The molecule has 1 fully saturated rings. The van der Waals surface area contributed by atoms with Crippen molar-refractivity contribution in [1.82, 2.24) is 10.2 Å². The molecule has 0 radical (unpaired) electrons. The van der Waals surface area contributed by atoms with Gasteiger partial charge in [0.25, 0.3) is 0 Å². The van der Waals surface area contributed by atoms with Gasteiger partial charge in [-0.3, -0.25) is 4.90 Å².